The maximum Gasteiger partial charge on any atom is 0.254 e. The Labute approximate surface area is 151 Å². The zero-order valence-corrected chi connectivity index (χ0v) is 16.1. The Kier molecular flexibility index (Phi) is 6.45. The fraction of sp³-hybridized carbons (Fsp3) is 0.600. The van der Waals surface area contributed by atoms with Gasteiger partial charge in [-0.15, -0.1) is 0 Å². The molecule has 138 valence electrons. The van der Waals surface area contributed by atoms with Crippen molar-refractivity contribution in [1.82, 2.24) is 10.2 Å². The van der Waals surface area contributed by atoms with Crippen LogP contribution < -0.4 is 10.6 Å². The average molecular weight is 345 g/mol. The number of nitrogens with zero attached hydrogens (tertiary/aromatic N) is 1. The van der Waals surface area contributed by atoms with Gasteiger partial charge in [0, 0.05) is 37.4 Å². The van der Waals surface area contributed by atoms with E-state index in [9.17, 15) is 9.59 Å². The first-order chi connectivity index (χ1) is 11.8. The van der Waals surface area contributed by atoms with E-state index in [1.165, 1.54) is 0 Å². The zero-order valence-electron chi connectivity index (χ0n) is 16.1. The second-order valence-electron chi connectivity index (χ2n) is 7.36. The van der Waals surface area contributed by atoms with E-state index in [0.717, 1.165) is 29.7 Å². The summed E-state index contributed by atoms with van der Waals surface area (Å²) < 4.78 is 0. The van der Waals surface area contributed by atoms with Crippen LogP contribution in [0, 0.1) is 18.8 Å². The molecule has 1 saturated heterocycles. The molecule has 1 aliphatic heterocycles. The summed E-state index contributed by atoms with van der Waals surface area (Å²) in [6.07, 6.45) is 1.71. The van der Waals surface area contributed by atoms with Crippen molar-refractivity contribution >= 4 is 17.5 Å². The quantitative estimate of drug-likeness (QED) is 0.862. The molecule has 25 heavy (non-hydrogen) atoms. The fourth-order valence-corrected chi connectivity index (χ4v) is 3.19. The van der Waals surface area contributed by atoms with Gasteiger partial charge in [-0.25, -0.2) is 0 Å². The van der Waals surface area contributed by atoms with Crippen molar-refractivity contribution in [3.8, 4) is 0 Å². The Morgan fingerprint density at radius 3 is 2.60 bits per heavy atom. The number of amides is 2. The first-order valence-electron chi connectivity index (χ1n) is 9.22. The smallest absolute Gasteiger partial charge is 0.254 e. The average Bonchev–Trinajstić information content (AvgIpc) is 2.62. The molecule has 1 aromatic rings. The highest BCUT2D eigenvalue weighted by Crippen LogP contribution is 2.25. The maximum atomic E-state index is 13.0. The van der Waals surface area contributed by atoms with Gasteiger partial charge in [-0.05, 0) is 50.3 Å². The zero-order chi connectivity index (χ0) is 18.6. The van der Waals surface area contributed by atoms with Gasteiger partial charge in [0.05, 0.1) is 5.92 Å². The van der Waals surface area contributed by atoms with Crippen molar-refractivity contribution in [3.63, 3.8) is 0 Å². The highest BCUT2D eigenvalue weighted by atomic mass is 16.2. The third kappa shape index (κ3) is 4.53. The first-order valence-corrected chi connectivity index (χ1v) is 9.22. The number of hydrogen-bond donors (Lipinski definition) is 2. The lowest BCUT2D eigenvalue weighted by Gasteiger charge is -2.32. The lowest BCUT2D eigenvalue weighted by Crippen LogP contribution is -2.45. The van der Waals surface area contributed by atoms with E-state index < -0.39 is 0 Å². The molecular formula is C20H31N3O2. The number of carbonyl (C=O) groups is 2. The summed E-state index contributed by atoms with van der Waals surface area (Å²) >= 11 is 0. The Hall–Kier alpha value is -2.04. The van der Waals surface area contributed by atoms with Gasteiger partial charge < -0.3 is 15.5 Å². The SMILES string of the molecule is CNC(=O)[C@@H]1CCCN(C(=O)c2cccc(N[C@@H](C)C(C)C)c2C)C1. The Bertz CT molecular complexity index is 627. The number of likely N-dealkylation sites (tertiary alicyclic amines) is 1. The summed E-state index contributed by atoms with van der Waals surface area (Å²) in [5.41, 5.74) is 2.70. The molecule has 2 atom stereocenters. The van der Waals surface area contributed by atoms with Gasteiger partial charge in [-0.1, -0.05) is 19.9 Å². The molecule has 1 aliphatic rings. The summed E-state index contributed by atoms with van der Waals surface area (Å²) in [6, 6.07) is 6.16. The molecule has 0 aromatic heterocycles. The van der Waals surface area contributed by atoms with Crippen LogP contribution in [0.1, 0.15) is 49.5 Å². The lowest BCUT2D eigenvalue weighted by atomic mass is 9.95. The summed E-state index contributed by atoms with van der Waals surface area (Å²) in [7, 11) is 1.65. The van der Waals surface area contributed by atoms with Gasteiger partial charge in [0.2, 0.25) is 5.91 Å². The Morgan fingerprint density at radius 1 is 1.24 bits per heavy atom. The minimum Gasteiger partial charge on any atom is -0.382 e. The van der Waals surface area contributed by atoms with Crippen LogP contribution in [-0.2, 0) is 4.79 Å². The maximum absolute atomic E-state index is 13.0. The van der Waals surface area contributed by atoms with E-state index in [2.05, 4.69) is 31.4 Å². The summed E-state index contributed by atoms with van der Waals surface area (Å²) in [6.45, 7) is 9.70. The number of rotatable bonds is 5. The fourth-order valence-electron chi connectivity index (χ4n) is 3.19. The largest absolute Gasteiger partial charge is 0.382 e. The third-order valence-electron chi connectivity index (χ3n) is 5.27. The molecule has 5 heteroatoms. The molecule has 2 amide bonds. The second kappa shape index (κ2) is 8.37. The molecule has 5 nitrogen and oxygen atoms in total. The van der Waals surface area contributed by atoms with Crippen LogP contribution in [0.2, 0.25) is 0 Å². The van der Waals surface area contributed by atoms with Crippen LogP contribution in [0.5, 0.6) is 0 Å². The van der Waals surface area contributed by atoms with E-state index >= 15 is 0 Å². The van der Waals surface area contributed by atoms with Gasteiger partial charge in [0.25, 0.3) is 5.91 Å². The van der Waals surface area contributed by atoms with E-state index in [1.54, 1.807) is 7.05 Å². The van der Waals surface area contributed by atoms with Crippen LogP contribution in [-0.4, -0.2) is 42.9 Å². The van der Waals surface area contributed by atoms with Crippen molar-refractivity contribution in [2.45, 2.75) is 46.6 Å². The molecule has 0 bridgehead atoms. The molecule has 0 spiro atoms. The molecule has 1 aromatic carbocycles. The van der Waals surface area contributed by atoms with Crippen molar-refractivity contribution < 1.29 is 9.59 Å². The van der Waals surface area contributed by atoms with E-state index in [4.69, 9.17) is 0 Å². The molecule has 1 fully saturated rings. The van der Waals surface area contributed by atoms with Crippen LogP contribution >= 0.6 is 0 Å². The summed E-state index contributed by atoms with van der Waals surface area (Å²) in [5, 5.41) is 6.21. The van der Waals surface area contributed by atoms with Crippen molar-refractivity contribution in [1.29, 1.82) is 0 Å². The standard InChI is InChI=1S/C20H31N3O2/c1-13(2)15(4)22-18-10-6-9-17(14(18)3)20(25)23-11-7-8-16(12-23)19(24)21-5/h6,9-10,13,15-16,22H,7-8,11-12H2,1-5H3,(H,21,24)/t15-,16+/m0/s1. The monoisotopic (exact) mass is 345 g/mol. The highest BCUT2D eigenvalue weighted by Gasteiger charge is 2.29. The molecule has 2 N–H and O–H groups in total. The molecule has 2 rings (SSSR count). The number of piperidine rings is 1. The topological polar surface area (TPSA) is 61.4 Å². The van der Waals surface area contributed by atoms with Crippen molar-refractivity contribution in [2.24, 2.45) is 11.8 Å². The number of nitrogens with one attached hydrogen (secondary N) is 2. The van der Waals surface area contributed by atoms with E-state index in [-0.39, 0.29) is 17.7 Å². The lowest BCUT2D eigenvalue weighted by molar-refractivity contribution is -0.125. The predicted molar refractivity (Wildman–Crippen MR) is 102 cm³/mol. The second-order valence-corrected chi connectivity index (χ2v) is 7.36. The van der Waals surface area contributed by atoms with Crippen LogP contribution in [0.15, 0.2) is 18.2 Å². The van der Waals surface area contributed by atoms with Gasteiger partial charge >= 0.3 is 0 Å². The molecule has 0 unspecified atom stereocenters. The van der Waals surface area contributed by atoms with Gasteiger partial charge in [0.15, 0.2) is 0 Å². The Morgan fingerprint density at radius 2 is 1.96 bits per heavy atom. The van der Waals surface area contributed by atoms with Crippen molar-refractivity contribution in [2.75, 3.05) is 25.5 Å². The minimum absolute atomic E-state index is 0.0203. The molecule has 0 saturated carbocycles. The number of benzene rings is 1. The van der Waals surface area contributed by atoms with Crippen molar-refractivity contribution in [3.05, 3.63) is 29.3 Å². The highest BCUT2D eigenvalue weighted by molar-refractivity contribution is 5.97. The molecule has 0 aliphatic carbocycles. The first kappa shape index (κ1) is 19.3. The molecule has 0 radical (unpaired) electrons. The Balaban J connectivity index is 2.17. The van der Waals surface area contributed by atoms with E-state index in [1.807, 2.05) is 30.0 Å². The third-order valence-corrected chi connectivity index (χ3v) is 5.27. The van der Waals surface area contributed by atoms with Crippen LogP contribution in [0.4, 0.5) is 5.69 Å². The van der Waals surface area contributed by atoms with Gasteiger partial charge in [-0.2, -0.15) is 0 Å². The number of anilines is 1. The summed E-state index contributed by atoms with van der Waals surface area (Å²) in [5.74, 6) is 0.446. The molecular weight excluding hydrogens is 314 g/mol. The minimum atomic E-state index is -0.106. The van der Waals surface area contributed by atoms with Gasteiger partial charge in [-0.3, -0.25) is 9.59 Å². The predicted octanol–water partition coefficient (Wildman–Crippen LogP) is 3.05. The van der Waals surface area contributed by atoms with Crippen LogP contribution in [0.25, 0.3) is 0 Å². The number of carbonyl (C=O) groups excluding carboxylic acids is 2. The molecule has 1 heterocycles. The van der Waals surface area contributed by atoms with E-state index in [0.29, 0.717) is 25.0 Å². The summed E-state index contributed by atoms with van der Waals surface area (Å²) in [4.78, 5) is 26.8. The van der Waals surface area contributed by atoms with Crippen LogP contribution in [0.3, 0.4) is 0 Å². The van der Waals surface area contributed by atoms with Gasteiger partial charge in [0.1, 0.15) is 0 Å². The number of hydrogen-bond acceptors (Lipinski definition) is 3. The normalized spacial score (nSPS) is 18.8.